The van der Waals surface area contributed by atoms with Crippen molar-refractivity contribution in [3.8, 4) is 0 Å². The van der Waals surface area contributed by atoms with Crippen LogP contribution < -0.4 is 11.1 Å². The zero-order valence-electron chi connectivity index (χ0n) is 10.1. The van der Waals surface area contributed by atoms with Crippen LogP contribution >= 0.6 is 0 Å². The number of hydrogen-bond acceptors (Lipinski definition) is 4. The Kier molecular flexibility index (Phi) is 2.63. The van der Waals surface area contributed by atoms with Crippen molar-refractivity contribution in [1.29, 1.82) is 0 Å². The van der Waals surface area contributed by atoms with Gasteiger partial charge in [-0.1, -0.05) is 24.3 Å². The zero-order chi connectivity index (χ0) is 13.4. The molecule has 3 N–H and O–H groups in total. The van der Waals surface area contributed by atoms with E-state index in [1.165, 1.54) is 0 Å². The van der Waals surface area contributed by atoms with Crippen LogP contribution in [0.15, 0.2) is 34.3 Å². The Labute approximate surface area is 109 Å². The Morgan fingerprint density at radius 1 is 1.26 bits per heavy atom. The second-order valence-electron chi connectivity index (χ2n) is 4.46. The van der Waals surface area contributed by atoms with Gasteiger partial charge in [0, 0.05) is 17.5 Å². The van der Waals surface area contributed by atoms with E-state index in [1.54, 1.807) is 0 Å². The number of nitrogens with zero attached hydrogens (tertiary/aromatic N) is 2. The number of carbonyl (C=O) groups is 2. The molecule has 2 heterocycles. The third-order valence-corrected chi connectivity index (χ3v) is 3.16. The standard InChI is InChI=1S/C13H12N4O2/c14-11-7-3-1-2-4-8(7)12(17-11)15-9-5-6-10(18)16-13(9)19/h1-4,9H,5-6H2,(H2,14,15,17)(H,16,18,19). The van der Waals surface area contributed by atoms with E-state index in [9.17, 15) is 9.59 Å². The number of nitrogens with two attached hydrogens (primary N) is 1. The van der Waals surface area contributed by atoms with Gasteiger partial charge in [-0.3, -0.25) is 19.9 Å². The molecule has 3 rings (SSSR count). The molecule has 0 saturated carbocycles. The number of fused-ring (bicyclic) bond motifs is 1. The quantitative estimate of drug-likeness (QED) is 0.690. The van der Waals surface area contributed by atoms with E-state index in [1.807, 2.05) is 24.3 Å². The van der Waals surface area contributed by atoms with Crippen molar-refractivity contribution in [1.82, 2.24) is 5.32 Å². The first-order valence-electron chi connectivity index (χ1n) is 6.00. The molecule has 6 nitrogen and oxygen atoms in total. The first-order chi connectivity index (χ1) is 9.15. The van der Waals surface area contributed by atoms with Gasteiger partial charge in [0.05, 0.1) is 0 Å². The van der Waals surface area contributed by atoms with Crippen molar-refractivity contribution in [2.75, 3.05) is 0 Å². The van der Waals surface area contributed by atoms with E-state index < -0.39 is 6.04 Å². The number of imide groups is 1. The Balaban J connectivity index is 1.94. The van der Waals surface area contributed by atoms with Gasteiger partial charge in [-0.25, -0.2) is 4.99 Å². The molecular formula is C13H12N4O2. The maximum Gasteiger partial charge on any atom is 0.251 e. The number of benzene rings is 1. The molecule has 19 heavy (non-hydrogen) atoms. The topological polar surface area (TPSA) is 96.9 Å². The van der Waals surface area contributed by atoms with Crippen molar-refractivity contribution in [2.45, 2.75) is 18.9 Å². The number of hydrogen-bond donors (Lipinski definition) is 2. The average molecular weight is 256 g/mol. The predicted molar refractivity (Wildman–Crippen MR) is 69.9 cm³/mol. The minimum Gasteiger partial charge on any atom is -0.383 e. The third kappa shape index (κ3) is 2.01. The number of piperidine rings is 1. The summed E-state index contributed by atoms with van der Waals surface area (Å²) in [6.45, 7) is 0. The van der Waals surface area contributed by atoms with E-state index in [0.717, 1.165) is 11.1 Å². The fourth-order valence-corrected chi connectivity index (χ4v) is 2.19. The molecular weight excluding hydrogens is 244 g/mol. The summed E-state index contributed by atoms with van der Waals surface area (Å²) < 4.78 is 0. The molecule has 1 atom stereocenters. The highest BCUT2D eigenvalue weighted by Gasteiger charge is 2.28. The van der Waals surface area contributed by atoms with Crippen LogP contribution in [-0.2, 0) is 9.59 Å². The van der Waals surface area contributed by atoms with E-state index >= 15 is 0 Å². The summed E-state index contributed by atoms with van der Waals surface area (Å²) in [7, 11) is 0. The van der Waals surface area contributed by atoms with Gasteiger partial charge in [-0.05, 0) is 6.42 Å². The predicted octanol–water partition coefficient (Wildman–Crippen LogP) is -0.0427. The molecule has 6 heteroatoms. The molecule has 1 aromatic rings. The number of nitrogens with one attached hydrogen (secondary N) is 1. The molecule has 0 aromatic heterocycles. The van der Waals surface area contributed by atoms with Crippen LogP contribution in [0.1, 0.15) is 24.0 Å². The summed E-state index contributed by atoms with van der Waals surface area (Å²) in [6, 6.07) is 6.89. The van der Waals surface area contributed by atoms with Crippen LogP contribution in [-0.4, -0.2) is 29.5 Å². The first kappa shape index (κ1) is 11.6. The summed E-state index contributed by atoms with van der Waals surface area (Å²) in [4.78, 5) is 31.3. The highest BCUT2D eigenvalue weighted by molar-refractivity contribution is 6.22. The Morgan fingerprint density at radius 3 is 2.74 bits per heavy atom. The van der Waals surface area contributed by atoms with Crippen molar-refractivity contribution in [3.63, 3.8) is 0 Å². The number of amides is 2. The van der Waals surface area contributed by atoms with Crippen LogP contribution in [0, 0.1) is 0 Å². The van der Waals surface area contributed by atoms with Crippen LogP contribution in [0.5, 0.6) is 0 Å². The molecule has 0 aliphatic carbocycles. The van der Waals surface area contributed by atoms with Gasteiger partial charge in [0.2, 0.25) is 5.91 Å². The lowest BCUT2D eigenvalue weighted by Crippen LogP contribution is -2.43. The molecule has 2 aliphatic heterocycles. The van der Waals surface area contributed by atoms with Crippen LogP contribution in [0.4, 0.5) is 0 Å². The molecule has 96 valence electrons. The van der Waals surface area contributed by atoms with Gasteiger partial charge >= 0.3 is 0 Å². The van der Waals surface area contributed by atoms with Crippen molar-refractivity contribution in [2.24, 2.45) is 15.7 Å². The monoisotopic (exact) mass is 256 g/mol. The normalized spacial score (nSPS) is 24.1. The molecule has 0 spiro atoms. The van der Waals surface area contributed by atoms with Gasteiger partial charge in [-0.15, -0.1) is 0 Å². The molecule has 1 fully saturated rings. The minimum absolute atomic E-state index is 0.253. The smallest absolute Gasteiger partial charge is 0.251 e. The van der Waals surface area contributed by atoms with E-state index in [0.29, 0.717) is 24.5 Å². The Morgan fingerprint density at radius 2 is 2.00 bits per heavy atom. The summed E-state index contributed by atoms with van der Waals surface area (Å²) in [5, 5.41) is 2.27. The molecule has 2 amide bonds. The SMILES string of the molecule is NC1=NC(=NC2CCC(=O)NC2=O)c2ccccc21. The van der Waals surface area contributed by atoms with Crippen LogP contribution in [0.2, 0.25) is 0 Å². The summed E-state index contributed by atoms with van der Waals surface area (Å²) >= 11 is 0. The van der Waals surface area contributed by atoms with Gasteiger partial charge < -0.3 is 5.73 Å². The van der Waals surface area contributed by atoms with E-state index in [-0.39, 0.29) is 11.8 Å². The van der Waals surface area contributed by atoms with Gasteiger partial charge in [0.1, 0.15) is 11.9 Å². The van der Waals surface area contributed by atoms with Gasteiger partial charge in [0.25, 0.3) is 5.91 Å². The number of aliphatic imine (C=N–C) groups is 2. The van der Waals surface area contributed by atoms with E-state index in [2.05, 4.69) is 15.3 Å². The first-order valence-corrected chi connectivity index (χ1v) is 6.00. The van der Waals surface area contributed by atoms with Crippen LogP contribution in [0.3, 0.4) is 0 Å². The largest absolute Gasteiger partial charge is 0.383 e. The second kappa shape index (κ2) is 4.31. The summed E-state index contributed by atoms with van der Waals surface area (Å²) in [5.41, 5.74) is 7.46. The summed E-state index contributed by atoms with van der Waals surface area (Å²) in [5.74, 6) is 0.238. The molecule has 1 aromatic carbocycles. The zero-order valence-corrected chi connectivity index (χ0v) is 10.1. The lowest BCUT2D eigenvalue weighted by molar-refractivity contribution is -0.133. The van der Waals surface area contributed by atoms with Crippen LogP contribution in [0.25, 0.3) is 0 Å². The fraction of sp³-hybridized carbons (Fsp3) is 0.231. The van der Waals surface area contributed by atoms with Crippen molar-refractivity contribution in [3.05, 3.63) is 35.4 Å². The lowest BCUT2D eigenvalue weighted by Gasteiger charge is -2.17. The van der Waals surface area contributed by atoms with Gasteiger partial charge in [0.15, 0.2) is 5.84 Å². The Hall–Kier alpha value is -2.50. The van der Waals surface area contributed by atoms with Crippen molar-refractivity contribution < 1.29 is 9.59 Å². The Bertz CT molecular complexity index is 633. The lowest BCUT2D eigenvalue weighted by atomic mass is 10.1. The molecule has 1 unspecified atom stereocenters. The third-order valence-electron chi connectivity index (χ3n) is 3.16. The number of rotatable bonds is 1. The fourth-order valence-electron chi connectivity index (χ4n) is 2.19. The molecule has 0 bridgehead atoms. The molecule has 0 radical (unpaired) electrons. The maximum atomic E-state index is 11.7. The van der Waals surface area contributed by atoms with E-state index in [4.69, 9.17) is 5.73 Å². The number of carbonyl (C=O) groups excluding carboxylic acids is 2. The maximum absolute atomic E-state index is 11.7. The average Bonchev–Trinajstić information content (AvgIpc) is 2.71. The molecule has 1 saturated heterocycles. The highest BCUT2D eigenvalue weighted by atomic mass is 16.2. The second-order valence-corrected chi connectivity index (χ2v) is 4.46. The highest BCUT2D eigenvalue weighted by Crippen LogP contribution is 2.19. The van der Waals surface area contributed by atoms with Crippen molar-refractivity contribution >= 4 is 23.5 Å². The minimum atomic E-state index is -0.574. The summed E-state index contributed by atoms with van der Waals surface area (Å²) in [6.07, 6.45) is 0.708. The molecule has 2 aliphatic rings. The van der Waals surface area contributed by atoms with Gasteiger partial charge in [-0.2, -0.15) is 0 Å². The number of amidine groups is 2.